The Morgan fingerprint density at radius 2 is 1.55 bits per heavy atom. The predicted octanol–water partition coefficient (Wildman–Crippen LogP) is -0.267. The highest BCUT2D eigenvalue weighted by molar-refractivity contribution is 5.96. The molecule has 0 aliphatic carbocycles. The van der Waals surface area contributed by atoms with Crippen LogP contribution in [0.5, 0.6) is 0 Å². The van der Waals surface area contributed by atoms with Gasteiger partial charge in [0, 0.05) is 35.5 Å². The summed E-state index contributed by atoms with van der Waals surface area (Å²) >= 11 is 0. The molecule has 0 atom stereocenters. The first-order valence-electron chi connectivity index (χ1n) is 6.74. The number of rotatable bonds is 2. The van der Waals surface area contributed by atoms with E-state index in [1.165, 1.54) is 45.1 Å². The van der Waals surface area contributed by atoms with Crippen LogP contribution in [-0.4, -0.2) is 10.7 Å². The van der Waals surface area contributed by atoms with Gasteiger partial charge in [0.25, 0.3) is 0 Å². The van der Waals surface area contributed by atoms with Crippen molar-refractivity contribution in [3.8, 4) is 0 Å². The Morgan fingerprint density at radius 1 is 0.900 bits per heavy atom. The molecule has 20 heavy (non-hydrogen) atoms. The third kappa shape index (κ3) is 3.04. The topological polar surface area (TPSA) is 29.8 Å². The predicted molar refractivity (Wildman–Crippen MR) is 82.1 cm³/mol. The molecule has 1 aromatic rings. The standard InChI is InChI=1S/C17H22N2.BrH/c1-10-12(3)16(18-14(10)5)8-7-9-17-13(4)11(2)15(6)19-17;/h7-9,18H,1-6H3;1H/b8-7+,17-9+;. The summed E-state index contributed by atoms with van der Waals surface area (Å²) in [6.45, 7) is 12.9. The second-order valence-electron chi connectivity index (χ2n) is 5.35. The molecule has 1 aliphatic heterocycles. The fraction of sp³-hybridized carbons (Fsp3) is 0.353. The highest BCUT2D eigenvalue weighted by Gasteiger charge is 2.19. The van der Waals surface area contributed by atoms with E-state index in [1.54, 1.807) is 0 Å². The highest BCUT2D eigenvalue weighted by atomic mass is 79.9. The molecule has 1 aliphatic rings. The summed E-state index contributed by atoms with van der Waals surface area (Å²) in [6, 6.07) is 0. The molecule has 0 bridgehead atoms. The molecule has 0 spiro atoms. The van der Waals surface area contributed by atoms with E-state index in [9.17, 15) is 0 Å². The molecule has 0 amide bonds. The number of nitrogens with one attached hydrogen (secondary N) is 2. The number of hydrogen-bond donors (Lipinski definition) is 2. The second-order valence-corrected chi connectivity index (χ2v) is 5.35. The van der Waals surface area contributed by atoms with Gasteiger partial charge >= 0.3 is 0 Å². The number of hydrogen-bond acceptors (Lipinski definition) is 0. The Labute approximate surface area is 132 Å². The van der Waals surface area contributed by atoms with Crippen molar-refractivity contribution in [2.75, 3.05) is 0 Å². The normalized spacial score (nSPS) is 17.1. The SMILES string of the molecule is CC1=[NH+]/C(=C/C=C/c2[nH]c(C)c(C)c2C)C(C)=C1C.[Br-]. The maximum absolute atomic E-state index is 3.41. The average Bonchev–Trinajstić information content (AvgIpc) is 2.76. The van der Waals surface area contributed by atoms with Gasteiger partial charge in [-0.25, -0.2) is 4.99 Å². The van der Waals surface area contributed by atoms with Gasteiger partial charge in [-0.05, 0) is 51.8 Å². The van der Waals surface area contributed by atoms with E-state index in [-0.39, 0.29) is 17.0 Å². The fourth-order valence-corrected chi connectivity index (χ4v) is 2.32. The summed E-state index contributed by atoms with van der Waals surface area (Å²) < 4.78 is 0. The van der Waals surface area contributed by atoms with Crippen LogP contribution >= 0.6 is 0 Å². The maximum atomic E-state index is 3.41. The number of halogens is 1. The van der Waals surface area contributed by atoms with E-state index in [2.05, 4.69) is 69.7 Å². The molecule has 3 heteroatoms. The summed E-state index contributed by atoms with van der Waals surface area (Å²) in [6.07, 6.45) is 6.38. The molecule has 108 valence electrons. The smallest absolute Gasteiger partial charge is 0.207 e. The fourth-order valence-electron chi connectivity index (χ4n) is 2.32. The second kappa shape index (κ2) is 6.40. The molecule has 0 fully saturated rings. The van der Waals surface area contributed by atoms with Crippen LogP contribution in [0.3, 0.4) is 0 Å². The van der Waals surface area contributed by atoms with Crippen LogP contribution in [0.1, 0.15) is 43.3 Å². The first kappa shape index (κ1) is 16.7. The van der Waals surface area contributed by atoms with Crippen LogP contribution in [0.2, 0.25) is 0 Å². The van der Waals surface area contributed by atoms with Crippen molar-refractivity contribution in [1.29, 1.82) is 0 Å². The van der Waals surface area contributed by atoms with Crippen molar-refractivity contribution in [1.82, 2.24) is 4.98 Å². The van der Waals surface area contributed by atoms with Gasteiger partial charge in [-0.1, -0.05) is 6.08 Å². The number of aryl methyl sites for hydroxylation is 1. The number of aromatic nitrogens is 1. The van der Waals surface area contributed by atoms with Gasteiger partial charge in [-0.15, -0.1) is 0 Å². The van der Waals surface area contributed by atoms with Crippen LogP contribution in [0, 0.1) is 20.8 Å². The van der Waals surface area contributed by atoms with Crippen LogP contribution in [0.25, 0.3) is 6.08 Å². The first-order valence-corrected chi connectivity index (χ1v) is 6.74. The van der Waals surface area contributed by atoms with E-state index < -0.39 is 0 Å². The molecule has 2 N–H and O–H groups in total. The van der Waals surface area contributed by atoms with Gasteiger partial charge in [-0.2, -0.15) is 0 Å². The Balaban J connectivity index is 0.00000200. The summed E-state index contributed by atoms with van der Waals surface area (Å²) in [5.74, 6) is 0. The molecule has 0 saturated carbocycles. The molecule has 2 rings (SSSR count). The van der Waals surface area contributed by atoms with E-state index in [1.807, 2.05) is 0 Å². The minimum Gasteiger partial charge on any atom is -1.00 e. The van der Waals surface area contributed by atoms with Crippen molar-refractivity contribution in [2.45, 2.75) is 41.5 Å². The van der Waals surface area contributed by atoms with Crippen molar-refractivity contribution in [3.63, 3.8) is 0 Å². The van der Waals surface area contributed by atoms with Crippen molar-refractivity contribution < 1.29 is 22.0 Å². The lowest BCUT2D eigenvalue weighted by atomic mass is 10.1. The largest absolute Gasteiger partial charge is 1.00 e. The Bertz CT molecular complexity index is 640. The molecular weight excluding hydrogens is 312 g/mol. The van der Waals surface area contributed by atoms with Gasteiger partial charge in [0.2, 0.25) is 5.70 Å². The van der Waals surface area contributed by atoms with E-state index in [0.29, 0.717) is 0 Å². The summed E-state index contributed by atoms with van der Waals surface area (Å²) in [5.41, 5.74) is 10.3. The number of aromatic amines is 1. The number of H-pyrrole nitrogens is 1. The Morgan fingerprint density at radius 3 is 2.00 bits per heavy atom. The third-order valence-corrected chi connectivity index (χ3v) is 4.23. The Kier molecular flexibility index (Phi) is 5.35. The minimum atomic E-state index is 0. The van der Waals surface area contributed by atoms with Crippen LogP contribution < -0.4 is 22.0 Å². The third-order valence-electron chi connectivity index (χ3n) is 4.23. The summed E-state index contributed by atoms with van der Waals surface area (Å²) in [7, 11) is 0. The van der Waals surface area contributed by atoms with Gasteiger partial charge in [0.15, 0.2) is 5.71 Å². The lowest BCUT2D eigenvalue weighted by Crippen LogP contribution is -3.00. The summed E-state index contributed by atoms with van der Waals surface area (Å²) in [5, 5.41) is 0. The zero-order chi connectivity index (χ0) is 14.2. The van der Waals surface area contributed by atoms with E-state index in [4.69, 9.17) is 0 Å². The van der Waals surface area contributed by atoms with Gasteiger partial charge in [0.05, 0.1) is 0 Å². The quantitative estimate of drug-likeness (QED) is 0.746. The van der Waals surface area contributed by atoms with Gasteiger partial charge in [0.1, 0.15) is 0 Å². The minimum absolute atomic E-state index is 0. The van der Waals surface area contributed by atoms with Gasteiger partial charge in [-0.3, -0.25) is 0 Å². The Hall–Kier alpha value is -1.35. The van der Waals surface area contributed by atoms with Crippen LogP contribution in [0.4, 0.5) is 0 Å². The van der Waals surface area contributed by atoms with Crippen LogP contribution in [-0.2, 0) is 0 Å². The maximum Gasteiger partial charge on any atom is 0.207 e. The molecule has 0 saturated heterocycles. The lowest BCUT2D eigenvalue weighted by molar-refractivity contribution is -0.388. The number of allylic oxidation sites excluding steroid dienone is 4. The highest BCUT2D eigenvalue weighted by Crippen LogP contribution is 2.18. The van der Waals surface area contributed by atoms with Crippen molar-refractivity contribution >= 4 is 11.8 Å². The van der Waals surface area contributed by atoms with E-state index >= 15 is 0 Å². The molecule has 1 aromatic heterocycles. The molecule has 0 unspecified atom stereocenters. The zero-order valence-electron chi connectivity index (χ0n) is 13.1. The first-order chi connectivity index (χ1) is 8.91. The molecule has 0 radical (unpaired) electrons. The lowest BCUT2D eigenvalue weighted by Gasteiger charge is -1.91. The molecule has 0 aromatic carbocycles. The molecule has 2 nitrogen and oxygen atoms in total. The van der Waals surface area contributed by atoms with Crippen LogP contribution in [0.15, 0.2) is 29.0 Å². The average molecular weight is 335 g/mol. The molecule has 2 heterocycles. The van der Waals surface area contributed by atoms with Gasteiger partial charge < -0.3 is 22.0 Å². The molecular formula is C17H23BrN2. The van der Waals surface area contributed by atoms with Crippen molar-refractivity contribution in [3.05, 3.63) is 51.5 Å². The summed E-state index contributed by atoms with van der Waals surface area (Å²) in [4.78, 5) is 6.83. The monoisotopic (exact) mass is 334 g/mol. The zero-order valence-corrected chi connectivity index (χ0v) is 14.7. The van der Waals surface area contributed by atoms with Crippen molar-refractivity contribution in [2.24, 2.45) is 0 Å². The van der Waals surface area contributed by atoms with E-state index in [0.717, 1.165) is 0 Å².